The van der Waals surface area contributed by atoms with Crippen molar-refractivity contribution in [3.8, 4) is 10.6 Å². The summed E-state index contributed by atoms with van der Waals surface area (Å²) in [5.74, 6) is 0.485. The maximum Gasteiger partial charge on any atom is 0.126 e. The Balaban J connectivity index is 2.08. The molecule has 2 heterocycles. The summed E-state index contributed by atoms with van der Waals surface area (Å²) in [6.07, 6.45) is 4.22. The largest absolute Gasteiger partial charge is 0.472 e. The molecule has 0 radical (unpaired) electrons. The van der Waals surface area contributed by atoms with E-state index in [4.69, 9.17) is 10.2 Å². The molecule has 0 bridgehead atoms. The van der Waals surface area contributed by atoms with Gasteiger partial charge >= 0.3 is 0 Å². The Hall–Kier alpha value is -1.13. The highest BCUT2D eigenvalue weighted by atomic mass is 32.1. The van der Waals surface area contributed by atoms with Crippen LogP contribution in [0.5, 0.6) is 0 Å². The van der Waals surface area contributed by atoms with Crippen LogP contribution in [0.15, 0.2) is 28.4 Å². The van der Waals surface area contributed by atoms with Gasteiger partial charge in [0.1, 0.15) is 11.3 Å². The molecule has 0 aliphatic heterocycles. The second kappa shape index (κ2) is 4.80. The number of furan rings is 1. The van der Waals surface area contributed by atoms with Crippen LogP contribution in [-0.2, 0) is 6.42 Å². The molecule has 1 unspecified atom stereocenters. The fourth-order valence-electron chi connectivity index (χ4n) is 1.40. The van der Waals surface area contributed by atoms with Crippen LogP contribution < -0.4 is 5.73 Å². The number of nitrogens with two attached hydrogens (primary N) is 1. The van der Waals surface area contributed by atoms with Crippen LogP contribution in [0.2, 0.25) is 0 Å². The quantitative estimate of drug-likeness (QED) is 0.888. The summed E-state index contributed by atoms with van der Waals surface area (Å²) in [5, 5.41) is 3.07. The molecule has 2 rings (SSSR count). The average Bonchev–Trinajstić information content (AvgIpc) is 2.85. The molecule has 0 fully saturated rings. The van der Waals surface area contributed by atoms with Crippen molar-refractivity contribution in [2.75, 3.05) is 0 Å². The Morgan fingerprint density at radius 1 is 1.50 bits per heavy atom. The molecule has 0 saturated heterocycles. The summed E-state index contributed by atoms with van der Waals surface area (Å²) in [5.41, 5.74) is 8.13. The first-order chi connectivity index (χ1) is 7.66. The summed E-state index contributed by atoms with van der Waals surface area (Å²) >= 11 is 1.63. The van der Waals surface area contributed by atoms with Gasteiger partial charge in [0.15, 0.2) is 0 Å². The summed E-state index contributed by atoms with van der Waals surface area (Å²) in [6, 6.07) is 2.10. The van der Waals surface area contributed by atoms with Crippen LogP contribution in [0.25, 0.3) is 10.6 Å². The van der Waals surface area contributed by atoms with Gasteiger partial charge in [-0.05, 0) is 12.0 Å². The zero-order valence-electron chi connectivity index (χ0n) is 9.51. The van der Waals surface area contributed by atoms with E-state index in [1.807, 2.05) is 6.07 Å². The van der Waals surface area contributed by atoms with E-state index < -0.39 is 0 Å². The highest BCUT2D eigenvalue weighted by molar-refractivity contribution is 7.13. The molecule has 0 spiro atoms. The number of thiazole rings is 1. The molecule has 2 N–H and O–H groups in total. The molecule has 3 nitrogen and oxygen atoms in total. The molecule has 0 amide bonds. The lowest BCUT2D eigenvalue weighted by Crippen LogP contribution is -2.28. The molecule has 2 aromatic rings. The summed E-state index contributed by atoms with van der Waals surface area (Å²) in [6.45, 7) is 4.27. The second-order valence-electron chi connectivity index (χ2n) is 4.27. The minimum atomic E-state index is 0.180. The van der Waals surface area contributed by atoms with Crippen LogP contribution in [0.4, 0.5) is 0 Å². The van der Waals surface area contributed by atoms with Crippen LogP contribution in [0, 0.1) is 5.92 Å². The number of nitrogens with zero attached hydrogens (tertiary/aromatic N) is 1. The molecule has 0 aromatic carbocycles. The fourth-order valence-corrected chi connectivity index (χ4v) is 2.22. The third kappa shape index (κ3) is 2.51. The van der Waals surface area contributed by atoms with Crippen LogP contribution in [0.3, 0.4) is 0 Å². The van der Waals surface area contributed by atoms with Gasteiger partial charge in [0.25, 0.3) is 0 Å². The zero-order chi connectivity index (χ0) is 11.5. The maximum atomic E-state index is 6.02. The molecule has 1 atom stereocenters. The number of rotatable bonds is 4. The lowest BCUT2D eigenvalue weighted by Gasteiger charge is -2.13. The molecule has 16 heavy (non-hydrogen) atoms. The van der Waals surface area contributed by atoms with Crippen LogP contribution in [0.1, 0.15) is 19.5 Å². The van der Waals surface area contributed by atoms with Gasteiger partial charge in [-0.2, -0.15) is 0 Å². The summed E-state index contributed by atoms with van der Waals surface area (Å²) < 4.78 is 5.04. The Morgan fingerprint density at radius 2 is 2.31 bits per heavy atom. The van der Waals surface area contributed by atoms with Gasteiger partial charge in [-0.3, -0.25) is 0 Å². The van der Waals surface area contributed by atoms with E-state index in [1.54, 1.807) is 23.9 Å². The van der Waals surface area contributed by atoms with Gasteiger partial charge in [-0.25, -0.2) is 4.98 Å². The van der Waals surface area contributed by atoms with Crippen molar-refractivity contribution in [1.82, 2.24) is 4.98 Å². The second-order valence-corrected chi connectivity index (χ2v) is 5.13. The van der Waals surface area contributed by atoms with Crippen molar-refractivity contribution in [1.29, 1.82) is 0 Å². The average molecular weight is 236 g/mol. The topological polar surface area (TPSA) is 52.0 Å². The molecule has 0 aliphatic rings. The van der Waals surface area contributed by atoms with E-state index in [0.717, 1.165) is 22.7 Å². The van der Waals surface area contributed by atoms with Gasteiger partial charge in [-0.15, -0.1) is 11.3 Å². The van der Waals surface area contributed by atoms with E-state index in [-0.39, 0.29) is 6.04 Å². The monoisotopic (exact) mass is 236 g/mol. The molecule has 86 valence electrons. The van der Waals surface area contributed by atoms with Crippen molar-refractivity contribution < 1.29 is 4.42 Å². The standard InChI is InChI=1S/C12H16N2OS/c1-8(2)11(13)5-10-7-16-12(14-10)9-3-4-15-6-9/h3-4,6-8,11H,5,13H2,1-2H3. The van der Waals surface area contributed by atoms with Gasteiger partial charge in [-0.1, -0.05) is 13.8 Å². The zero-order valence-corrected chi connectivity index (χ0v) is 10.3. The third-order valence-electron chi connectivity index (χ3n) is 2.62. The van der Waals surface area contributed by atoms with Gasteiger partial charge in [0, 0.05) is 23.4 Å². The third-order valence-corrected chi connectivity index (χ3v) is 3.56. The van der Waals surface area contributed by atoms with Crippen LogP contribution in [-0.4, -0.2) is 11.0 Å². The van der Waals surface area contributed by atoms with Crippen molar-refractivity contribution in [3.05, 3.63) is 29.7 Å². The lowest BCUT2D eigenvalue weighted by molar-refractivity contribution is 0.487. The van der Waals surface area contributed by atoms with E-state index >= 15 is 0 Å². The van der Waals surface area contributed by atoms with Gasteiger partial charge in [0.05, 0.1) is 12.0 Å². The van der Waals surface area contributed by atoms with E-state index in [1.165, 1.54) is 0 Å². The predicted molar refractivity (Wildman–Crippen MR) is 66.3 cm³/mol. The number of hydrogen-bond donors (Lipinski definition) is 1. The summed E-state index contributed by atoms with van der Waals surface area (Å²) in [4.78, 5) is 4.55. The van der Waals surface area contributed by atoms with E-state index in [9.17, 15) is 0 Å². The predicted octanol–water partition coefficient (Wildman–Crippen LogP) is 2.93. The minimum Gasteiger partial charge on any atom is -0.472 e. The van der Waals surface area contributed by atoms with Crippen molar-refractivity contribution >= 4 is 11.3 Å². The highest BCUT2D eigenvalue weighted by Gasteiger charge is 2.12. The van der Waals surface area contributed by atoms with Gasteiger partial charge < -0.3 is 10.2 Å². The number of aromatic nitrogens is 1. The Labute approximate surface area is 99.3 Å². The first-order valence-electron chi connectivity index (χ1n) is 5.39. The first-order valence-corrected chi connectivity index (χ1v) is 6.27. The lowest BCUT2D eigenvalue weighted by atomic mass is 10.0. The molecule has 4 heteroatoms. The molecular formula is C12H16N2OS. The van der Waals surface area contributed by atoms with Crippen molar-refractivity contribution in [2.45, 2.75) is 26.3 Å². The Kier molecular flexibility index (Phi) is 3.41. The first kappa shape index (κ1) is 11.4. The van der Waals surface area contributed by atoms with Crippen molar-refractivity contribution in [2.24, 2.45) is 11.7 Å². The highest BCUT2D eigenvalue weighted by Crippen LogP contribution is 2.24. The number of hydrogen-bond acceptors (Lipinski definition) is 4. The van der Waals surface area contributed by atoms with E-state index in [2.05, 4.69) is 24.2 Å². The molecule has 0 saturated carbocycles. The fraction of sp³-hybridized carbons (Fsp3) is 0.417. The summed E-state index contributed by atoms with van der Waals surface area (Å²) in [7, 11) is 0. The molecule has 0 aliphatic carbocycles. The Morgan fingerprint density at radius 3 is 2.94 bits per heavy atom. The minimum absolute atomic E-state index is 0.180. The molecular weight excluding hydrogens is 220 g/mol. The molecule has 2 aromatic heterocycles. The van der Waals surface area contributed by atoms with Crippen LogP contribution >= 0.6 is 11.3 Å². The smallest absolute Gasteiger partial charge is 0.126 e. The SMILES string of the molecule is CC(C)C(N)Cc1csc(-c2ccoc2)n1. The maximum absolute atomic E-state index is 6.02. The Bertz CT molecular complexity index is 434. The van der Waals surface area contributed by atoms with Crippen molar-refractivity contribution in [3.63, 3.8) is 0 Å². The van der Waals surface area contributed by atoms with E-state index in [0.29, 0.717) is 5.92 Å². The normalized spacial score (nSPS) is 13.2. The van der Waals surface area contributed by atoms with Gasteiger partial charge in [0.2, 0.25) is 0 Å².